The first kappa shape index (κ1) is 6.66. The van der Waals surface area contributed by atoms with Gasteiger partial charge in [0.1, 0.15) is 0 Å². The molecule has 10 heavy (non-hydrogen) atoms. The summed E-state index contributed by atoms with van der Waals surface area (Å²) in [5, 5.41) is 1.38. The maximum absolute atomic E-state index is 3.44. The molecule has 0 saturated carbocycles. The third kappa shape index (κ3) is 1.07. The second-order valence-corrected chi connectivity index (χ2v) is 5.01. The quantitative estimate of drug-likeness (QED) is 0.639. The van der Waals surface area contributed by atoms with E-state index >= 15 is 0 Å². The summed E-state index contributed by atoms with van der Waals surface area (Å²) in [6.07, 6.45) is 0. The van der Waals surface area contributed by atoms with Gasteiger partial charge in [0.05, 0.1) is 0 Å². The summed E-state index contributed by atoms with van der Waals surface area (Å²) in [5.41, 5.74) is 0. The van der Waals surface area contributed by atoms with Gasteiger partial charge in [0.25, 0.3) is 0 Å². The fourth-order valence-electron chi connectivity index (χ4n) is 0.938. The van der Waals surface area contributed by atoms with Crippen LogP contribution in [0.15, 0.2) is 33.7 Å². The zero-order chi connectivity index (χ0) is 6.97. The van der Waals surface area contributed by atoms with Crippen molar-refractivity contribution in [3.8, 4) is 0 Å². The van der Waals surface area contributed by atoms with Gasteiger partial charge in [0.15, 0.2) is 0 Å². The number of hydrogen-bond donors (Lipinski definition) is 0. The molecule has 0 aliphatic heterocycles. The molecule has 0 nitrogen and oxygen atoms in total. The summed E-state index contributed by atoms with van der Waals surface area (Å²) < 4.78 is 2.67. The summed E-state index contributed by atoms with van der Waals surface area (Å²) in [5.74, 6) is 0. The molecule has 0 saturated heterocycles. The van der Waals surface area contributed by atoms with Crippen LogP contribution in [0.2, 0.25) is 0 Å². The van der Waals surface area contributed by atoms with Crippen molar-refractivity contribution in [2.24, 2.45) is 0 Å². The van der Waals surface area contributed by atoms with E-state index in [2.05, 4.69) is 45.1 Å². The van der Waals surface area contributed by atoms with Crippen LogP contribution >= 0.6 is 15.9 Å². The monoisotopic (exact) mass is 260 g/mol. The Morgan fingerprint density at radius 2 is 2.10 bits per heavy atom. The Morgan fingerprint density at radius 1 is 1.20 bits per heavy atom. The predicted octanol–water partition coefficient (Wildman–Crippen LogP) is 2.66. The molecule has 0 aliphatic carbocycles. The molecular weight excluding hydrogens is 255 g/mol. The Hall–Kier alpha value is -0.0405. The Labute approximate surface area is 73.7 Å². The van der Waals surface area contributed by atoms with Gasteiger partial charge in [-0.1, -0.05) is 0 Å². The standard InChI is InChI=1S/C8H5BrSe/c9-7-1-2-8-6(5-7)3-4-10-8/h1-5H. The van der Waals surface area contributed by atoms with E-state index in [0.29, 0.717) is 14.5 Å². The summed E-state index contributed by atoms with van der Waals surface area (Å²) in [6.45, 7) is 0. The first-order valence-electron chi connectivity index (χ1n) is 2.99. The van der Waals surface area contributed by atoms with Gasteiger partial charge >= 0.3 is 73.8 Å². The predicted molar refractivity (Wildman–Crippen MR) is 48.6 cm³/mol. The summed E-state index contributed by atoms with van der Waals surface area (Å²) >= 11 is 4.03. The molecule has 2 heteroatoms. The van der Waals surface area contributed by atoms with Crippen molar-refractivity contribution >= 4 is 40.1 Å². The van der Waals surface area contributed by atoms with E-state index in [1.807, 2.05) is 0 Å². The van der Waals surface area contributed by atoms with Crippen molar-refractivity contribution in [2.75, 3.05) is 0 Å². The maximum atomic E-state index is 3.44. The fourth-order valence-corrected chi connectivity index (χ4v) is 2.93. The van der Waals surface area contributed by atoms with E-state index in [1.54, 1.807) is 0 Å². The number of hydrogen-bond acceptors (Lipinski definition) is 0. The van der Waals surface area contributed by atoms with E-state index in [1.165, 1.54) is 14.1 Å². The Kier molecular flexibility index (Phi) is 1.69. The van der Waals surface area contributed by atoms with Gasteiger partial charge in [-0.05, 0) is 0 Å². The van der Waals surface area contributed by atoms with Gasteiger partial charge in [-0.2, -0.15) is 0 Å². The zero-order valence-corrected chi connectivity index (χ0v) is 8.47. The SMILES string of the molecule is Brc1ccc2[se]ccc2c1. The van der Waals surface area contributed by atoms with E-state index < -0.39 is 0 Å². The van der Waals surface area contributed by atoms with Gasteiger partial charge in [-0.3, -0.25) is 0 Å². The average Bonchev–Trinajstić information content (AvgIpc) is 2.33. The third-order valence-corrected chi connectivity index (χ3v) is 3.79. The first-order chi connectivity index (χ1) is 4.86. The minimum absolute atomic E-state index is 0.593. The number of rotatable bonds is 0. The normalized spacial score (nSPS) is 10.5. The van der Waals surface area contributed by atoms with Crippen LogP contribution in [0.1, 0.15) is 0 Å². The number of halogens is 1. The molecule has 0 amide bonds. The number of fused-ring (bicyclic) bond motifs is 1. The first-order valence-corrected chi connectivity index (χ1v) is 5.63. The second kappa shape index (κ2) is 2.54. The van der Waals surface area contributed by atoms with Crippen molar-refractivity contribution < 1.29 is 0 Å². The molecule has 0 spiro atoms. The molecule has 0 bridgehead atoms. The van der Waals surface area contributed by atoms with Crippen molar-refractivity contribution in [2.45, 2.75) is 0 Å². The Balaban J connectivity index is 2.86. The summed E-state index contributed by atoms with van der Waals surface area (Å²) in [7, 11) is 0. The van der Waals surface area contributed by atoms with Gasteiger partial charge in [0, 0.05) is 0 Å². The second-order valence-electron chi connectivity index (χ2n) is 2.10. The number of benzene rings is 1. The van der Waals surface area contributed by atoms with Crippen molar-refractivity contribution in [3.05, 3.63) is 33.7 Å². The van der Waals surface area contributed by atoms with E-state index in [0.717, 1.165) is 0 Å². The van der Waals surface area contributed by atoms with Crippen LogP contribution < -0.4 is 0 Å². The van der Waals surface area contributed by atoms with Gasteiger partial charge in [-0.25, -0.2) is 0 Å². The zero-order valence-electron chi connectivity index (χ0n) is 5.17. The molecule has 0 atom stereocenters. The van der Waals surface area contributed by atoms with Gasteiger partial charge in [-0.15, -0.1) is 0 Å². The molecule has 0 aliphatic rings. The molecule has 1 aromatic carbocycles. The van der Waals surface area contributed by atoms with Crippen LogP contribution in [-0.2, 0) is 0 Å². The van der Waals surface area contributed by atoms with Crippen LogP contribution in [0.4, 0.5) is 0 Å². The van der Waals surface area contributed by atoms with Crippen LogP contribution in [0.3, 0.4) is 0 Å². The minimum atomic E-state index is 0.593. The molecule has 2 aromatic rings. The molecular formula is C8H5BrSe. The van der Waals surface area contributed by atoms with Crippen LogP contribution in [0, 0.1) is 0 Å². The van der Waals surface area contributed by atoms with Gasteiger partial charge in [0.2, 0.25) is 0 Å². The molecule has 0 N–H and O–H groups in total. The Bertz CT molecular complexity index is 351. The van der Waals surface area contributed by atoms with E-state index in [-0.39, 0.29) is 0 Å². The van der Waals surface area contributed by atoms with E-state index in [4.69, 9.17) is 0 Å². The van der Waals surface area contributed by atoms with Crippen LogP contribution in [0.25, 0.3) is 9.65 Å². The summed E-state index contributed by atoms with van der Waals surface area (Å²) in [4.78, 5) is 2.25. The van der Waals surface area contributed by atoms with Crippen LogP contribution in [-0.4, -0.2) is 14.5 Å². The van der Waals surface area contributed by atoms with Crippen molar-refractivity contribution in [3.63, 3.8) is 0 Å². The summed E-state index contributed by atoms with van der Waals surface area (Å²) in [6, 6.07) is 8.66. The Morgan fingerprint density at radius 3 is 3.00 bits per heavy atom. The third-order valence-electron chi connectivity index (χ3n) is 1.41. The molecule has 0 unspecified atom stereocenters. The van der Waals surface area contributed by atoms with Crippen molar-refractivity contribution in [1.82, 2.24) is 0 Å². The molecule has 0 radical (unpaired) electrons. The molecule has 1 aromatic heterocycles. The van der Waals surface area contributed by atoms with Crippen molar-refractivity contribution in [1.29, 1.82) is 0 Å². The van der Waals surface area contributed by atoms with Crippen LogP contribution in [0.5, 0.6) is 0 Å². The molecule has 2 rings (SSSR count). The average molecular weight is 260 g/mol. The molecule has 1 heterocycles. The van der Waals surface area contributed by atoms with Gasteiger partial charge < -0.3 is 0 Å². The van der Waals surface area contributed by atoms with E-state index in [9.17, 15) is 0 Å². The molecule has 50 valence electrons. The topological polar surface area (TPSA) is 0 Å². The molecule has 0 fully saturated rings. The fraction of sp³-hybridized carbons (Fsp3) is 0.